The van der Waals surface area contributed by atoms with E-state index < -0.39 is 0 Å². The maximum absolute atomic E-state index is 3.59. The molecule has 0 radical (unpaired) electrons. The Hall–Kier alpha value is -0.820. The largest absolute Gasteiger partial charge is 0.310 e. The van der Waals surface area contributed by atoms with Gasteiger partial charge in [-0.1, -0.05) is 39.0 Å². The highest BCUT2D eigenvalue weighted by Gasteiger charge is 2.18. The lowest BCUT2D eigenvalue weighted by Gasteiger charge is -2.28. The molecule has 0 saturated heterocycles. The summed E-state index contributed by atoms with van der Waals surface area (Å²) in [6.07, 6.45) is 0. The fraction of sp³-hybridized carbons (Fsp3) is 0.600. The molecule has 0 spiro atoms. The highest BCUT2D eigenvalue weighted by molar-refractivity contribution is 5.29. The van der Waals surface area contributed by atoms with Gasteiger partial charge in [0.1, 0.15) is 0 Å². The summed E-state index contributed by atoms with van der Waals surface area (Å²) < 4.78 is 0. The van der Waals surface area contributed by atoms with Crippen molar-refractivity contribution < 1.29 is 0 Å². The Balaban J connectivity index is 2.58. The highest BCUT2D eigenvalue weighted by Crippen LogP contribution is 2.19. The van der Waals surface area contributed by atoms with E-state index in [0.29, 0.717) is 11.5 Å². The molecule has 1 nitrogen and oxygen atoms in total. The zero-order chi connectivity index (χ0) is 12.3. The minimum absolute atomic E-state index is 0.319. The quantitative estimate of drug-likeness (QED) is 0.814. The SMILES string of the molecule is Cc1ccc(CNC(C)C(C)(C)C)cc1C. The molecule has 0 aliphatic heterocycles. The van der Waals surface area contributed by atoms with Crippen LogP contribution in [0.25, 0.3) is 0 Å². The Morgan fingerprint density at radius 2 is 1.75 bits per heavy atom. The van der Waals surface area contributed by atoms with Crippen LogP contribution in [0.4, 0.5) is 0 Å². The fourth-order valence-electron chi connectivity index (χ4n) is 1.49. The van der Waals surface area contributed by atoms with Crippen molar-refractivity contribution in [2.45, 2.75) is 54.1 Å². The first-order valence-corrected chi connectivity index (χ1v) is 6.10. The molecule has 0 heterocycles. The lowest BCUT2D eigenvalue weighted by Crippen LogP contribution is -2.37. The molecule has 0 bridgehead atoms. The second-order valence-corrected chi connectivity index (χ2v) is 5.89. The Morgan fingerprint density at radius 1 is 1.12 bits per heavy atom. The molecule has 1 rings (SSSR count). The first-order valence-electron chi connectivity index (χ1n) is 6.10. The summed E-state index contributed by atoms with van der Waals surface area (Å²) in [5.74, 6) is 0. The van der Waals surface area contributed by atoms with Gasteiger partial charge in [-0.25, -0.2) is 0 Å². The zero-order valence-electron chi connectivity index (χ0n) is 11.5. The number of hydrogen-bond acceptors (Lipinski definition) is 1. The van der Waals surface area contributed by atoms with E-state index in [0.717, 1.165) is 6.54 Å². The normalized spacial score (nSPS) is 13.9. The van der Waals surface area contributed by atoms with Crippen molar-refractivity contribution in [3.05, 3.63) is 34.9 Å². The van der Waals surface area contributed by atoms with Crippen molar-refractivity contribution in [1.82, 2.24) is 5.32 Å². The molecule has 0 amide bonds. The van der Waals surface area contributed by atoms with Gasteiger partial charge in [-0.2, -0.15) is 0 Å². The molecule has 1 unspecified atom stereocenters. The van der Waals surface area contributed by atoms with E-state index in [1.165, 1.54) is 16.7 Å². The summed E-state index contributed by atoms with van der Waals surface area (Å²) >= 11 is 0. The van der Waals surface area contributed by atoms with Crippen LogP contribution < -0.4 is 5.32 Å². The Bertz CT molecular complexity index is 347. The van der Waals surface area contributed by atoms with Crippen molar-refractivity contribution >= 4 is 0 Å². The third kappa shape index (κ3) is 3.64. The smallest absolute Gasteiger partial charge is 0.0208 e. The molecular weight excluding hydrogens is 194 g/mol. The van der Waals surface area contributed by atoms with Crippen LogP contribution in [-0.4, -0.2) is 6.04 Å². The van der Waals surface area contributed by atoms with Gasteiger partial charge in [-0.05, 0) is 42.9 Å². The molecule has 0 aliphatic carbocycles. The van der Waals surface area contributed by atoms with Crippen LogP contribution >= 0.6 is 0 Å². The average molecular weight is 219 g/mol. The predicted octanol–water partition coefficient (Wildman–Crippen LogP) is 3.83. The maximum Gasteiger partial charge on any atom is 0.0208 e. The topological polar surface area (TPSA) is 12.0 Å². The molecule has 0 fully saturated rings. The zero-order valence-corrected chi connectivity index (χ0v) is 11.5. The highest BCUT2D eigenvalue weighted by atomic mass is 14.9. The van der Waals surface area contributed by atoms with Crippen LogP contribution in [0.15, 0.2) is 18.2 Å². The third-order valence-electron chi connectivity index (χ3n) is 3.48. The van der Waals surface area contributed by atoms with Gasteiger partial charge in [0, 0.05) is 12.6 Å². The summed E-state index contributed by atoms with van der Waals surface area (Å²) in [4.78, 5) is 0. The standard InChI is InChI=1S/C15H25N/c1-11-7-8-14(9-12(11)2)10-16-13(3)15(4,5)6/h7-9,13,16H,10H2,1-6H3. The maximum atomic E-state index is 3.59. The molecule has 0 saturated carbocycles. The molecule has 1 atom stereocenters. The van der Waals surface area contributed by atoms with Gasteiger partial charge in [0.05, 0.1) is 0 Å². The van der Waals surface area contributed by atoms with Gasteiger partial charge >= 0.3 is 0 Å². The Morgan fingerprint density at radius 3 is 2.25 bits per heavy atom. The predicted molar refractivity (Wildman–Crippen MR) is 71.7 cm³/mol. The van der Waals surface area contributed by atoms with E-state index in [1.807, 2.05) is 0 Å². The molecule has 1 aromatic rings. The monoisotopic (exact) mass is 219 g/mol. The number of nitrogens with one attached hydrogen (secondary N) is 1. The van der Waals surface area contributed by atoms with Gasteiger partial charge in [0.25, 0.3) is 0 Å². The van der Waals surface area contributed by atoms with Gasteiger partial charge in [-0.3, -0.25) is 0 Å². The fourth-order valence-corrected chi connectivity index (χ4v) is 1.49. The van der Waals surface area contributed by atoms with Gasteiger partial charge in [0.2, 0.25) is 0 Å². The van der Waals surface area contributed by atoms with Crippen molar-refractivity contribution in [2.24, 2.45) is 5.41 Å². The number of hydrogen-bond donors (Lipinski definition) is 1. The van der Waals surface area contributed by atoms with Crippen LogP contribution in [0.1, 0.15) is 44.4 Å². The van der Waals surface area contributed by atoms with Crippen molar-refractivity contribution in [3.8, 4) is 0 Å². The van der Waals surface area contributed by atoms with Gasteiger partial charge < -0.3 is 5.32 Å². The summed E-state index contributed by atoms with van der Waals surface area (Å²) in [6.45, 7) is 14.3. The van der Waals surface area contributed by atoms with Gasteiger partial charge in [-0.15, -0.1) is 0 Å². The summed E-state index contributed by atoms with van der Waals surface area (Å²) in [5.41, 5.74) is 4.44. The van der Waals surface area contributed by atoms with Crippen LogP contribution in [0.2, 0.25) is 0 Å². The molecular formula is C15H25N. The van der Waals surface area contributed by atoms with E-state index in [1.54, 1.807) is 0 Å². The molecule has 1 heteroatoms. The minimum Gasteiger partial charge on any atom is -0.310 e. The number of rotatable bonds is 3. The Kier molecular flexibility index (Phi) is 4.15. The number of benzene rings is 1. The lowest BCUT2D eigenvalue weighted by molar-refractivity contribution is 0.285. The van der Waals surface area contributed by atoms with Crippen molar-refractivity contribution in [1.29, 1.82) is 0 Å². The summed E-state index contributed by atoms with van der Waals surface area (Å²) in [6, 6.07) is 7.21. The minimum atomic E-state index is 0.319. The van der Waals surface area contributed by atoms with Crippen molar-refractivity contribution in [2.75, 3.05) is 0 Å². The first kappa shape index (κ1) is 13.2. The summed E-state index contributed by atoms with van der Waals surface area (Å²) in [5, 5.41) is 3.59. The first-order chi connectivity index (χ1) is 7.30. The molecule has 16 heavy (non-hydrogen) atoms. The average Bonchev–Trinajstić information content (AvgIpc) is 2.18. The van der Waals surface area contributed by atoms with Gasteiger partial charge in [0.15, 0.2) is 0 Å². The van der Waals surface area contributed by atoms with Crippen LogP contribution in [0, 0.1) is 19.3 Å². The molecule has 0 aliphatic rings. The third-order valence-corrected chi connectivity index (χ3v) is 3.48. The van der Waals surface area contributed by atoms with Crippen molar-refractivity contribution in [3.63, 3.8) is 0 Å². The molecule has 1 aromatic carbocycles. The number of aryl methyl sites for hydroxylation is 2. The van der Waals surface area contributed by atoms with Crippen LogP contribution in [0.3, 0.4) is 0 Å². The molecule has 1 N–H and O–H groups in total. The van der Waals surface area contributed by atoms with E-state index in [9.17, 15) is 0 Å². The second-order valence-electron chi connectivity index (χ2n) is 5.89. The van der Waals surface area contributed by atoms with Crippen LogP contribution in [0.5, 0.6) is 0 Å². The molecule has 90 valence electrons. The lowest BCUT2D eigenvalue weighted by atomic mass is 9.88. The second kappa shape index (κ2) is 5.01. The van der Waals surface area contributed by atoms with E-state index in [-0.39, 0.29) is 0 Å². The van der Waals surface area contributed by atoms with E-state index in [4.69, 9.17) is 0 Å². The van der Waals surface area contributed by atoms with E-state index in [2.05, 4.69) is 65.1 Å². The summed E-state index contributed by atoms with van der Waals surface area (Å²) in [7, 11) is 0. The Labute approximate surface area is 100 Å². The van der Waals surface area contributed by atoms with Crippen LogP contribution in [-0.2, 0) is 6.54 Å². The molecule has 0 aromatic heterocycles. The van der Waals surface area contributed by atoms with E-state index >= 15 is 0 Å².